The summed E-state index contributed by atoms with van der Waals surface area (Å²) in [5, 5.41) is 38.2. The van der Waals surface area contributed by atoms with Gasteiger partial charge < -0.3 is 25.2 Å². The lowest BCUT2D eigenvalue weighted by molar-refractivity contribution is -0.116. The fraction of sp³-hybridized carbons (Fsp3) is 0.400. The van der Waals surface area contributed by atoms with Crippen molar-refractivity contribution in [2.24, 2.45) is 5.92 Å². The number of allylic oxidation sites excluding steroid dienone is 2. The number of rotatable bonds is 4. The van der Waals surface area contributed by atoms with Crippen molar-refractivity contribution < 1.29 is 30.0 Å². The van der Waals surface area contributed by atoms with Gasteiger partial charge in [0.2, 0.25) is 0 Å². The minimum atomic E-state index is -1.43. The van der Waals surface area contributed by atoms with Crippen molar-refractivity contribution in [2.45, 2.75) is 31.2 Å². The van der Waals surface area contributed by atoms with Crippen LogP contribution in [-0.2, 0) is 9.53 Å². The summed E-state index contributed by atoms with van der Waals surface area (Å²) in [6, 6.07) is 0. The summed E-state index contributed by atoms with van der Waals surface area (Å²) in [7, 11) is 0. The van der Waals surface area contributed by atoms with E-state index >= 15 is 0 Å². The van der Waals surface area contributed by atoms with Crippen LogP contribution in [0.2, 0.25) is 0 Å². The van der Waals surface area contributed by atoms with E-state index in [9.17, 15) is 20.1 Å². The van der Waals surface area contributed by atoms with Gasteiger partial charge in [-0.15, -0.1) is 6.58 Å². The van der Waals surface area contributed by atoms with Gasteiger partial charge in [0.25, 0.3) is 0 Å². The lowest BCUT2D eigenvalue weighted by atomic mass is 9.92. The number of hydrogen-bond acceptors (Lipinski definition) is 6. The van der Waals surface area contributed by atoms with Gasteiger partial charge >= 0.3 is 0 Å². The van der Waals surface area contributed by atoms with E-state index in [2.05, 4.69) is 6.58 Å². The van der Waals surface area contributed by atoms with E-state index in [0.717, 1.165) is 12.3 Å². The summed E-state index contributed by atoms with van der Waals surface area (Å²) in [5.41, 5.74) is 0. The van der Waals surface area contributed by atoms with Gasteiger partial charge in [-0.1, -0.05) is 6.08 Å². The Labute approximate surface area is 123 Å². The third-order valence-corrected chi connectivity index (χ3v) is 3.11. The lowest BCUT2D eigenvalue weighted by Crippen LogP contribution is -2.36. The third-order valence-electron chi connectivity index (χ3n) is 3.11. The zero-order valence-corrected chi connectivity index (χ0v) is 11.5. The van der Waals surface area contributed by atoms with Crippen LogP contribution in [0.15, 0.2) is 49.2 Å². The molecule has 0 radical (unpaired) electrons. The fourth-order valence-corrected chi connectivity index (χ4v) is 1.97. The van der Waals surface area contributed by atoms with Gasteiger partial charge in [-0.05, 0) is 18.6 Å². The smallest absolute Gasteiger partial charge is 0.162 e. The molecule has 0 spiro atoms. The molecular formula is C15H20O6. The first kappa shape index (κ1) is 17.0. The van der Waals surface area contributed by atoms with Crippen LogP contribution >= 0.6 is 0 Å². The van der Waals surface area contributed by atoms with Gasteiger partial charge in [-0.2, -0.15) is 0 Å². The van der Waals surface area contributed by atoms with Gasteiger partial charge in [-0.3, -0.25) is 4.79 Å². The molecule has 0 amide bonds. The Bertz CT molecular complexity index is 451. The molecule has 0 fully saturated rings. The lowest BCUT2D eigenvalue weighted by Gasteiger charge is -2.28. The van der Waals surface area contributed by atoms with E-state index in [-0.39, 0.29) is 6.42 Å². The number of carbonyl (C=O) groups is 1. The Kier molecular flexibility index (Phi) is 6.71. The topological polar surface area (TPSA) is 107 Å². The number of aliphatic hydroxyl groups is 4. The van der Waals surface area contributed by atoms with Crippen molar-refractivity contribution in [3.8, 4) is 0 Å². The average Bonchev–Trinajstić information content (AvgIpc) is 2.44. The molecule has 6 heteroatoms. The van der Waals surface area contributed by atoms with E-state index in [1.807, 2.05) is 0 Å². The Balaban J connectivity index is 3.04. The van der Waals surface area contributed by atoms with E-state index in [4.69, 9.17) is 9.84 Å². The first-order chi connectivity index (χ1) is 9.99. The molecule has 0 aromatic carbocycles. The van der Waals surface area contributed by atoms with Crippen LogP contribution in [0.1, 0.15) is 12.8 Å². The van der Waals surface area contributed by atoms with Crippen LogP contribution < -0.4 is 0 Å². The molecule has 4 atom stereocenters. The van der Waals surface area contributed by atoms with Gasteiger partial charge in [-0.25, -0.2) is 0 Å². The molecule has 0 aromatic rings. The number of aliphatic hydroxyl groups excluding tert-OH is 4. The van der Waals surface area contributed by atoms with E-state index in [1.54, 1.807) is 0 Å². The Morgan fingerprint density at radius 1 is 1.48 bits per heavy atom. The highest BCUT2D eigenvalue weighted by atomic mass is 16.5. The van der Waals surface area contributed by atoms with Crippen LogP contribution in [-0.4, -0.2) is 44.5 Å². The maximum atomic E-state index is 11.5. The van der Waals surface area contributed by atoms with Crippen molar-refractivity contribution in [1.29, 1.82) is 0 Å². The molecule has 0 saturated carbocycles. The zero-order valence-electron chi connectivity index (χ0n) is 11.5. The first-order valence-corrected chi connectivity index (χ1v) is 6.53. The monoisotopic (exact) mass is 296 g/mol. The summed E-state index contributed by atoms with van der Waals surface area (Å²) in [6.45, 7) is 3.63. The first-order valence-electron chi connectivity index (χ1n) is 6.53. The highest BCUT2D eigenvalue weighted by Crippen LogP contribution is 2.22. The molecule has 0 aliphatic carbocycles. The third kappa shape index (κ3) is 5.09. The van der Waals surface area contributed by atoms with Crippen LogP contribution in [0.25, 0.3) is 0 Å². The minimum Gasteiger partial charge on any atom is -0.516 e. The Morgan fingerprint density at radius 2 is 2.19 bits per heavy atom. The molecule has 4 unspecified atom stereocenters. The second-order valence-electron chi connectivity index (χ2n) is 4.70. The fourth-order valence-electron chi connectivity index (χ4n) is 1.97. The molecule has 4 N–H and O–H groups in total. The number of carbonyl (C=O) groups excluding carboxylic acids is 1. The molecule has 0 aromatic heterocycles. The van der Waals surface area contributed by atoms with E-state index in [0.29, 0.717) is 6.42 Å². The predicted molar refractivity (Wildman–Crippen MR) is 76.4 cm³/mol. The summed E-state index contributed by atoms with van der Waals surface area (Å²) < 4.78 is 5.37. The highest BCUT2D eigenvalue weighted by Gasteiger charge is 2.31. The van der Waals surface area contributed by atoms with Crippen molar-refractivity contribution in [1.82, 2.24) is 0 Å². The summed E-state index contributed by atoms with van der Waals surface area (Å²) in [5.74, 6) is -1.46. The highest BCUT2D eigenvalue weighted by molar-refractivity contribution is 5.90. The maximum absolute atomic E-state index is 11.5. The SMILES string of the molecule is C=CC(C/C=C/O)C1O/C=C/C(O)CC(=O)/C=C(\O)C1O. The second-order valence-corrected chi connectivity index (χ2v) is 4.70. The predicted octanol–water partition coefficient (Wildman–Crippen LogP) is 1.29. The number of hydrogen-bond donors (Lipinski definition) is 4. The van der Waals surface area contributed by atoms with Gasteiger partial charge in [0, 0.05) is 18.4 Å². The van der Waals surface area contributed by atoms with E-state index in [1.165, 1.54) is 24.5 Å². The molecule has 0 saturated heterocycles. The van der Waals surface area contributed by atoms with Crippen molar-refractivity contribution in [2.75, 3.05) is 0 Å². The van der Waals surface area contributed by atoms with Crippen LogP contribution in [0.4, 0.5) is 0 Å². The maximum Gasteiger partial charge on any atom is 0.162 e. The van der Waals surface area contributed by atoms with Crippen LogP contribution in [0.5, 0.6) is 0 Å². The second kappa shape index (κ2) is 8.28. The van der Waals surface area contributed by atoms with Gasteiger partial charge in [0.1, 0.15) is 18.0 Å². The molecule has 1 aliphatic rings. The van der Waals surface area contributed by atoms with Gasteiger partial charge in [0.15, 0.2) is 5.78 Å². The number of ketones is 1. The van der Waals surface area contributed by atoms with Crippen molar-refractivity contribution in [3.63, 3.8) is 0 Å². The Morgan fingerprint density at radius 3 is 2.81 bits per heavy atom. The van der Waals surface area contributed by atoms with Crippen molar-refractivity contribution >= 4 is 5.78 Å². The standard InChI is InChI=1S/C15H20O6/c1-2-10(4-3-6-16)15-14(20)13(19)9-12(18)8-11(17)5-7-21-15/h2-3,5-7,9-11,14-17,19-20H,1,4,8H2/b6-3+,7-5+,13-9-. The Hall–Kier alpha value is -2.05. The molecule has 0 bridgehead atoms. The molecule has 21 heavy (non-hydrogen) atoms. The minimum absolute atomic E-state index is 0.209. The largest absolute Gasteiger partial charge is 0.516 e. The van der Waals surface area contributed by atoms with E-state index < -0.39 is 35.8 Å². The molecule has 1 rings (SSSR count). The molecule has 1 aliphatic heterocycles. The number of ether oxygens (including phenoxy) is 1. The van der Waals surface area contributed by atoms with Crippen molar-refractivity contribution in [3.05, 3.63) is 49.2 Å². The molecule has 1 heterocycles. The van der Waals surface area contributed by atoms with Crippen LogP contribution in [0, 0.1) is 5.92 Å². The average molecular weight is 296 g/mol. The van der Waals surface area contributed by atoms with Crippen LogP contribution in [0.3, 0.4) is 0 Å². The molecule has 6 nitrogen and oxygen atoms in total. The zero-order chi connectivity index (χ0) is 15.8. The summed E-state index contributed by atoms with van der Waals surface area (Å²) >= 11 is 0. The normalized spacial score (nSPS) is 32.8. The molecular weight excluding hydrogens is 276 g/mol. The summed E-state index contributed by atoms with van der Waals surface area (Å²) in [6.07, 6.45) is 3.92. The van der Waals surface area contributed by atoms with Gasteiger partial charge in [0.05, 0.1) is 18.6 Å². The quantitative estimate of drug-likeness (QED) is 0.460. The summed E-state index contributed by atoms with van der Waals surface area (Å²) in [4.78, 5) is 11.5. The molecule has 116 valence electrons.